The molecule has 2 aromatic heterocycles. The zero-order valence-corrected chi connectivity index (χ0v) is 10.6. The Morgan fingerprint density at radius 1 is 1.00 bits per heavy atom. The molecule has 0 saturated heterocycles. The molecule has 6 nitrogen and oxygen atoms in total. The first kappa shape index (κ1) is 11.7. The lowest BCUT2D eigenvalue weighted by atomic mass is 10.2. The summed E-state index contributed by atoms with van der Waals surface area (Å²) in [7, 11) is 0. The largest absolute Gasteiger partial charge is 0.268 e. The zero-order valence-electron chi connectivity index (χ0n) is 10.6. The molecule has 0 radical (unpaired) electrons. The zero-order chi connectivity index (χ0) is 14.4. The lowest BCUT2D eigenvalue weighted by Gasteiger charge is -2.08. The molecule has 4 aromatic rings. The Morgan fingerprint density at radius 2 is 1.76 bits per heavy atom. The highest BCUT2D eigenvalue weighted by Gasteiger charge is 2.14. The molecule has 102 valence electrons. The summed E-state index contributed by atoms with van der Waals surface area (Å²) < 4.78 is 15.9. The molecule has 0 saturated carbocycles. The highest BCUT2D eigenvalue weighted by atomic mass is 19.1. The van der Waals surface area contributed by atoms with E-state index >= 15 is 0 Å². The van der Waals surface area contributed by atoms with E-state index in [1.807, 2.05) is 6.07 Å². The lowest BCUT2D eigenvalue weighted by Crippen LogP contribution is -2.21. The van der Waals surface area contributed by atoms with Gasteiger partial charge in [0.15, 0.2) is 0 Å². The quantitative estimate of drug-likeness (QED) is 0.531. The number of para-hydroxylation sites is 1. The molecule has 21 heavy (non-hydrogen) atoms. The third-order valence-electron chi connectivity index (χ3n) is 3.30. The highest BCUT2D eigenvalue weighted by Crippen LogP contribution is 2.15. The van der Waals surface area contributed by atoms with Crippen molar-refractivity contribution in [3.8, 4) is 5.69 Å². The molecular weight excluding hydrogens is 273 g/mol. The standard InChI is InChI=1S/C14H8FN5O/c15-9-5-7-10(8-6-9)19-13(21)11-3-1-2-4-12(11)20-14(19)16-17-18-20/h1-8H. The molecule has 2 aromatic carbocycles. The number of benzene rings is 2. The van der Waals surface area contributed by atoms with Crippen molar-refractivity contribution in [2.75, 3.05) is 0 Å². The average molecular weight is 281 g/mol. The molecule has 0 aliphatic rings. The van der Waals surface area contributed by atoms with Crippen LogP contribution in [0.5, 0.6) is 0 Å². The van der Waals surface area contributed by atoms with E-state index in [9.17, 15) is 9.18 Å². The van der Waals surface area contributed by atoms with Gasteiger partial charge in [0.1, 0.15) is 5.82 Å². The van der Waals surface area contributed by atoms with Crippen molar-refractivity contribution >= 4 is 16.7 Å². The van der Waals surface area contributed by atoms with Crippen LogP contribution < -0.4 is 5.56 Å². The predicted molar refractivity (Wildman–Crippen MR) is 73.8 cm³/mol. The van der Waals surface area contributed by atoms with Crippen LogP contribution in [0.2, 0.25) is 0 Å². The Morgan fingerprint density at radius 3 is 2.57 bits per heavy atom. The number of aromatic nitrogens is 5. The molecule has 2 heterocycles. The van der Waals surface area contributed by atoms with Crippen molar-refractivity contribution in [1.82, 2.24) is 24.6 Å². The van der Waals surface area contributed by atoms with Gasteiger partial charge in [-0.05, 0) is 46.8 Å². The molecule has 0 spiro atoms. The number of tetrazole rings is 1. The Hall–Kier alpha value is -3.09. The number of nitrogens with zero attached hydrogens (tertiary/aromatic N) is 5. The van der Waals surface area contributed by atoms with E-state index in [1.54, 1.807) is 18.2 Å². The minimum Gasteiger partial charge on any atom is -0.268 e. The maximum absolute atomic E-state index is 13.1. The van der Waals surface area contributed by atoms with Crippen molar-refractivity contribution in [3.05, 3.63) is 64.7 Å². The van der Waals surface area contributed by atoms with Gasteiger partial charge >= 0.3 is 0 Å². The molecule has 0 aliphatic carbocycles. The summed E-state index contributed by atoms with van der Waals surface area (Å²) >= 11 is 0. The van der Waals surface area contributed by atoms with E-state index in [2.05, 4.69) is 15.5 Å². The third kappa shape index (κ3) is 1.64. The second kappa shape index (κ2) is 4.20. The van der Waals surface area contributed by atoms with Crippen LogP contribution in [0.3, 0.4) is 0 Å². The van der Waals surface area contributed by atoms with Gasteiger partial charge in [-0.25, -0.2) is 8.96 Å². The second-order valence-corrected chi connectivity index (χ2v) is 4.52. The molecule has 0 bridgehead atoms. The van der Waals surface area contributed by atoms with Crippen LogP contribution in [0.15, 0.2) is 53.3 Å². The van der Waals surface area contributed by atoms with E-state index in [0.29, 0.717) is 16.6 Å². The number of hydrogen-bond acceptors (Lipinski definition) is 4. The molecule has 0 fully saturated rings. The SMILES string of the molecule is O=c1c2ccccc2n2nnnc2n1-c1ccc(F)cc1. The minimum atomic E-state index is -0.372. The van der Waals surface area contributed by atoms with Gasteiger partial charge in [-0.2, -0.15) is 4.52 Å². The van der Waals surface area contributed by atoms with E-state index in [0.717, 1.165) is 0 Å². The summed E-state index contributed by atoms with van der Waals surface area (Å²) in [5.41, 5.74) is 0.882. The summed E-state index contributed by atoms with van der Waals surface area (Å²) in [6.07, 6.45) is 0. The summed E-state index contributed by atoms with van der Waals surface area (Å²) in [6.45, 7) is 0. The maximum atomic E-state index is 13.1. The van der Waals surface area contributed by atoms with Gasteiger partial charge in [-0.15, -0.1) is 0 Å². The van der Waals surface area contributed by atoms with Gasteiger partial charge < -0.3 is 0 Å². The Kier molecular flexibility index (Phi) is 2.34. The van der Waals surface area contributed by atoms with Crippen LogP contribution in [0.1, 0.15) is 0 Å². The first-order valence-electron chi connectivity index (χ1n) is 6.23. The van der Waals surface area contributed by atoms with Crippen LogP contribution >= 0.6 is 0 Å². The molecule has 0 amide bonds. The molecule has 7 heteroatoms. The average Bonchev–Trinajstić information content (AvgIpc) is 2.99. The van der Waals surface area contributed by atoms with Gasteiger partial charge in [-0.1, -0.05) is 17.2 Å². The fourth-order valence-corrected chi connectivity index (χ4v) is 2.35. The number of halogens is 1. The predicted octanol–water partition coefficient (Wildman–Crippen LogP) is 1.57. The normalized spacial score (nSPS) is 11.3. The number of rotatable bonds is 1. The smallest absolute Gasteiger partial charge is 0.267 e. The van der Waals surface area contributed by atoms with Gasteiger partial charge in [0.25, 0.3) is 11.3 Å². The molecule has 0 unspecified atom stereocenters. The fraction of sp³-hybridized carbons (Fsp3) is 0. The van der Waals surface area contributed by atoms with Crippen LogP contribution in [0, 0.1) is 5.82 Å². The van der Waals surface area contributed by atoms with Gasteiger partial charge in [0.05, 0.1) is 16.6 Å². The van der Waals surface area contributed by atoms with Crippen LogP contribution in [-0.2, 0) is 0 Å². The first-order valence-corrected chi connectivity index (χ1v) is 6.23. The molecule has 0 atom stereocenters. The van der Waals surface area contributed by atoms with Crippen molar-refractivity contribution in [2.24, 2.45) is 0 Å². The minimum absolute atomic E-state index is 0.250. The molecule has 0 aliphatic heterocycles. The summed E-state index contributed by atoms with van der Waals surface area (Å²) in [4.78, 5) is 12.7. The van der Waals surface area contributed by atoms with Crippen LogP contribution in [0.25, 0.3) is 22.4 Å². The van der Waals surface area contributed by atoms with Crippen LogP contribution in [-0.4, -0.2) is 24.6 Å². The topological polar surface area (TPSA) is 65.1 Å². The summed E-state index contributed by atoms with van der Waals surface area (Å²) in [5, 5.41) is 11.9. The van der Waals surface area contributed by atoms with Gasteiger partial charge in [0.2, 0.25) is 0 Å². The van der Waals surface area contributed by atoms with E-state index in [-0.39, 0.29) is 17.2 Å². The monoisotopic (exact) mass is 281 g/mol. The van der Waals surface area contributed by atoms with Crippen molar-refractivity contribution in [3.63, 3.8) is 0 Å². The lowest BCUT2D eigenvalue weighted by molar-refractivity contribution is 0.627. The van der Waals surface area contributed by atoms with E-state index in [4.69, 9.17) is 0 Å². The fourth-order valence-electron chi connectivity index (χ4n) is 2.35. The van der Waals surface area contributed by atoms with Crippen LogP contribution in [0.4, 0.5) is 4.39 Å². The second-order valence-electron chi connectivity index (χ2n) is 4.52. The summed E-state index contributed by atoms with van der Waals surface area (Å²) in [5.74, 6) is -0.0893. The molecule has 0 N–H and O–H groups in total. The van der Waals surface area contributed by atoms with Gasteiger partial charge in [0, 0.05) is 0 Å². The number of hydrogen-bond donors (Lipinski definition) is 0. The first-order chi connectivity index (χ1) is 10.3. The van der Waals surface area contributed by atoms with E-state index in [1.165, 1.54) is 33.3 Å². The van der Waals surface area contributed by atoms with Crippen molar-refractivity contribution < 1.29 is 4.39 Å². The summed E-state index contributed by atoms with van der Waals surface area (Å²) in [6, 6.07) is 12.7. The highest BCUT2D eigenvalue weighted by molar-refractivity contribution is 5.80. The molecular formula is C14H8FN5O. The van der Waals surface area contributed by atoms with Crippen molar-refractivity contribution in [1.29, 1.82) is 0 Å². The van der Waals surface area contributed by atoms with Crippen molar-refractivity contribution in [2.45, 2.75) is 0 Å². The Bertz CT molecular complexity index is 1020. The Balaban J connectivity index is 2.21. The Labute approximate surface area is 117 Å². The van der Waals surface area contributed by atoms with Gasteiger partial charge in [-0.3, -0.25) is 4.79 Å². The number of fused-ring (bicyclic) bond motifs is 3. The molecule has 4 rings (SSSR count). The third-order valence-corrected chi connectivity index (χ3v) is 3.30. The maximum Gasteiger partial charge on any atom is 0.267 e. The van der Waals surface area contributed by atoms with E-state index < -0.39 is 0 Å².